The van der Waals surface area contributed by atoms with E-state index in [2.05, 4.69) is 19.8 Å². The number of carbonyl (C=O) groups excluding carboxylic acids is 1. The normalized spacial score (nSPS) is 11.1. The highest BCUT2D eigenvalue weighted by Gasteiger charge is 2.18. The standard InChI is InChI=1S/C22H18N4O6S/c1-30-18-9-7-17(8-10-18)26-33(28,29)19-6-2-4-15(12-19)22(27)31-14-20-24-21(25-32-20)16-5-3-11-23-13-16/h2-13,26H,14H2,1H3. The molecule has 2 heterocycles. The zero-order valence-electron chi connectivity index (χ0n) is 17.3. The van der Waals surface area contributed by atoms with Gasteiger partial charge in [0, 0.05) is 23.6 Å². The predicted octanol–water partition coefficient (Wildman–Crippen LogP) is 3.30. The number of methoxy groups -OCH3 is 1. The van der Waals surface area contributed by atoms with Crippen molar-refractivity contribution in [2.45, 2.75) is 11.5 Å². The van der Waals surface area contributed by atoms with Gasteiger partial charge >= 0.3 is 5.97 Å². The molecule has 0 atom stereocenters. The van der Waals surface area contributed by atoms with E-state index >= 15 is 0 Å². The number of rotatable bonds is 8. The van der Waals surface area contributed by atoms with Crippen molar-refractivity contribution in [2.75, 3.05) is 11.8 Å². The van der Waals surface area contributed by atoms with Crippen LogP contribution in [0.15, 0.2) is 82.5 Å². The van der Waals surface area contributed by atoms with Gasteiger partial charge in [-0.2, -0.15) is 4.98 Å². The van der Waals surface area contributed by atoms with Crippen molar-refractivity contribution in [1.82, 2.24) is 15.1 Å². The van der Waals surface area contributed by atoms with Crippen LogP contribution in [0.2, 0.25) is 0 Å². The molecule has 0 bridgehead atoms. The summed E-state index contributed by atoms with van der Waals surface area (Å²) >= 11 is 0. The van der Waals surface area contributed by atoms with E-state index in [1.807, 2.05) is 0 Å². The zero-order chi connectivity index (χ0) is 23.3. The molecule has 0 unspecified atom stereocenters. The van der Waals surface area contributed by atoms with Gasteiger partial charge in [0.2, 0.25) is 5.82 Å². The van der Waals surface area contributed by atoms with Crippen molar-refractivity contribution < 1.29 is 27.2 Å². The molecule has 0 fully saturated rings. The monoisotopic (exact) mass is 466 g/mol. The number of esters is 1. The van der Waals surface area contributed by atoms with Crippen LogP contribution in [0.25, 0.3) is 11.4 Å². The Balaban J connectivity index is 1.42. The molecule has 0 aliphatic carbocycles. The number of hydrogen-bond acceptors (Lipinski definition) is 9. The summed E-state index contributed by atoms with van der Waals surface area (Å²) in [7, 11) is -2.41. The lowest BCUT2D eigenvalue weighted by Crippen LogP contribution is -2.14. The van der Waals surface area contributed by atoms with E-state index in [1.54, 1.807) is 48.8 Å². The van der Waals surface area contributed by atoms with Gasteiger partial charge in [-0.05, 0) is 54.6 Å². The lowest BCUT2D eigenvalue weighted by molar-refractivity contribution is 0.0429. The number of anilines is 1. The molecule has 4 rings (SSSR count). The Kier molecular flexibility index (Phi) is 6.31. The average Bonchev–Trinajstić information content (AvgIpc) is 3.32. The highest BCUT2D eigenvalue weighted by atomic mass is 32.2. The lowest BCUT2D eigenvalue weighted by atomic mass is 10.2. The van der Waals surface area contributed by atoms with Crippen LogP contribution in [0.4, 0.5) is 5.69 Å². The number of sulfonamides is 1. The minimum absolute atomic E-state index is 0.0552. The fourth-order valence-electron chi connectivity index (χ4n) is 2.80. The second-order valence-electron chi connectivity index (χ2n) is 6.69. The summed E-state index contributed by atoms with van der Waals surface area (Å²) in [5.74, 6) is 0.258. The topological polar surface area (TPSA) is 134 Å². The minimum Gasteiger partial charge on any atom is -0.497 e. The molecule has 0 saturated carbocycles. The SMILES string of the molecule is COc1ccc(NS(=O)(=O)c2cccc(C(=O)OCc3nc(-c4cccnc4)no3)c2)cc1. The van der Waals surface area contributed by atoms with Crippen molar-refractivity contribution in [3.63, 3.8) is 0 Å². The molecule has 168 valence electrons. The Bertz CT molecular complexity index is 1360. The molecule has 0 spiro atoms. The second-order valence-corrected chi connectivity index (χ2v) is 8.37. The molecule has 2 aromatic heterocycles. The summed E-state index contributed by atoms with van der Waals surface area (Å²) in [6.45, 7) is -0.271. The molecule has 0 aliphatic rings. The molecule has 11 heteroatoms. The van der Waals surface area contributed by atoms with Crippen molar-refractivity contribution >= 4 is 21.7 Å². The Morgan fingerprint density at radius 1 is 1.09 bits per heavy atom. The maximum atomic E-state index is 12.7. The molecule has 4 aromatic rings. The Morgan fingerprint density at radius 2 is 1.91 bits per heavy atom. The van der Waals surface area contributed by atoms with E-state index in [4.69, 9.17) is 14.0 Å². The van der Waals surface area contributed by atoms with Crippen molar-refractivity contribution in [2.24, 2.45) is 0 Å². The molecular weight excluding hydrogens is 448 g/mol. The van der Waals surface area contributed by atoms with Crippen molar-refractivity contribution in [3.8, 4) is 17.1 Å². The molecule has 10 nitrogen and oxygen atoms in total. The fourth-order valence-corrected chi connectivity index (χ4v) is 3.90. The van der Waals surface area contributed by atoms with Crippen molar-refractivity contribution in [3.05, 3.63) is 84.5 Å². The first kappa shape index (κ1) is 22.0. The quantitative estimate of drug-likeness (QED) is 0.388. The summed E-state index contributed by atoms with van der Waals surface area (Å²) in [6.07, 6.45) is 3.19. The van der Waals surface area contributed by atoms with Gasteiger partial charge in [0.1, 0.15) is 5.75 Å². The molecule has 33 heavy (non-hydrogen) atoms. The van der Waals surface area contributed by atoms with Crippen LogP contribution in [0, 0.1) is 0 Å². The molecule has 0 saturated heterocycles. The Hall–Kier alpha value is -4.25. The number of benzene rings is 2. The third-order valence-electron chi connectivity index (χ3n) is 4.44. The predicted molar refractivity (Wildman–Crippen MR) is 117 cm³/mol. The van der Waals surface area contributed by atoms with E-state index in [0.717, 1.165) is 0 Å². The van der Waals surface area contributed by atoms with Crippen LogP contribution in [-0.2, 0) is 21.4 Å². The maximum absolute atomic E-state index is 12.7. The van der Waals surface area contributed by atoms with E-state index in [1.165, 1.54) is 31.4 Å². The van der Waals surface area contributed by atoms with Crippen LogP contribution < -0.4 is 9.46 Å². The van der Waals surface area contributed by atoms with Crippen LogP contribution >= 0.6 is 0 Å². The maximum Gasteiger partial charge on any atom is 0.338 e. The summed E-state index contributed by atoms with van der Waals surface area (Å²) in [5.41, 5.74) is 1.06. The highest BCUT2D eigenvalue weighted by molar-refractivity contribution is 7.92. The number of aromatic nitrogens is 3. The van der Waals surface area contributed by atoms with Crippen LogP contribution in [0.3, 0.4) is 0 Å². The fraction of sp³-hybridized carbons (Fsp3) is 0.0909. The average molecular weight is 466 g/mol. The largest absolute Gasteiger partial charge is 0.497 e. The Labute approximate surface area is 189 Å². The van der Waals surface area contributed by atoms with Gasteiger partial charge in [-0.25, -0.2) is 13.2 Å². The van der Waals surface area contributed by atoms with E-state index in [9.17, 15) is 13.2 Å². The van der Waals surface area contributed by atoms with Crippen LogP contribution in [0.1, 0.15) is 16.2 Å². The summed E-state index contributed by atoms with van der Waals surface area (Å²) in [4.78, 5) is 20.5. The van der Waals surface area contributed by atoms with Gasteiger partial charge < -0.3 is 14.0 Å². The van der Waals surface area contributed by atoms with Crippen molar-refractivity contribution in [1.29, 1.82) is 0 Å². The van der Waals surface area contributed by atoms with Gasteiger partial charge in [0.05, 0.1) is 17.6 Å². The Morgan fingerprint density at radius 3 is 2.64 bits per heavy atom. The van der Waals surface area contributed by atoms with E-state index < -0.39 is 16.0 Å². The first-order chi connectivity index (χ1) is 15.9. The number of nitrogens with zero attached hydrogens (tertiary/aromatic N) is 3. The molecule has 1 N–H and O–H groups in total. The summed E-state index contributed by atoms with van der Waals surface area (Å²) in [5, 5.41) is 3.82. The molecule has 0 aliphatic heterocycles. The minimum atomic E-state index is -3.93. The van der Waals surface area contributed by atoms with Gasteiger partial charge in [-0.15, -0.1) is 0 Å². The number of nitrogens with one attached hydrogen (secondary N) is 1. The van der Waals surface area contributed by atoms with E-state index in [-0.39, 0.29) is 23.0 Å². The lowest BCUT2D eigenvalue weighted by Gasteiger charge is -2.10. The molecule has 2 aromatic carbocycles. The van der Waals surface area contributed by atoms with Gasteiger partial charge in [-0.1, -0.05) is 11.2 Å². The molecule has 0 amide bonds. The number of hydrogen-bond donors (Lipinski definition) is 1. The van der Waals surface area contributed by atoms with Gasteiger partial charge in [0.25, 0.3) is 15.9 Å². The number of pyridine rings is 1. The molecule has 0 radical (unpaired) electrons. The number of carbonyl (C=O) groups is 1. The number of ether oxygens (including phenoxy) is 2. The summed E-state index contributed by atoms with van der Waals surface area (Å²) in [6, 6.07) is 15.4. The first-order valence-electron chi connectivity index (χ1n) is 9.62. The van der Waals surface area contributed by atoms with Gasteiger partial charge in [-0.3, -0.25) is 9.71 Å². The van der Waals surface area contributed by atoms with E-state index in [0.29, 0.717) is 22.8 Å². The van der Waals surface area contributed by atoms with Crippen LogP contribution in [0.5, 0.6) is 5.75 Å². The second kappa shape index (κ2) is 9.49. The summed E-state index contributed by atoms with van der Waals surface area (Å²) < 4.78 is 43.2. The molecular formula is C22H18N4O6S. The van der Waals surface area contributed by atoms with Crippen LogP contribution in [-0.4, -0.2) is 36.6 Å². The smallest absolute Gasteiger partial charge is 0.338 e. The van der Waals surface area contributed by atoms with Gasteiger partial charge in [0.15, 0.2) is 6.61 Å². The highest BCUT2D eigenvalue weighted by Crippen LogP contribution is 2.20. The third-order valence-corrected chi connectivity index (χ3v) is 5.82. The first-order valence-corrected chi connectivity index (χ1v) is 11.1. The zero-order valence-corrected chi connectivity index (χ0v) is 18.2. The third kappa shape index (κ3) is 5.33.